The Hall–Kier alpha value is -3.76. The summed E-state index contributed by atoms with van der Waals surface area (Å²) in [4.78, 5) is 29.9. The van der Waals surface area contributed by atoms with Crippen LogP contribution in [0.2, 0.25) is 0 Å². The second-order valence-corrected chi connectivity index (χ2v) is 11.1. The zero-order valence-corrected chi connectivity index (χ0v) is 25.4. The minimum atomic E-state index is -0.914. The number of methoxy groups -OCH3 is 3. The number of aryl methyl sites for hydroxylation is 1. The molecule has 0 bridgehead atoms. The van der Waals surface area contributed by atoms with Crippen LogP contribution >= 0.6 is 0 Å². The molecule has 2 saturated heterocycles. The second-order valence-electron chi connectivity index (χ2n) is 11.1. The molecular formula is C32H42N2O8. The van der Waals surface area contributed by atoms with Gasteiger partial charge in [0.05, 0.1) is 53.7 Å². The first kappa shape index (κ1) is 31.2. The smallest absolute Gasteiger partial charge is 0.295 e. The number of likely N-dealkylation sites (tertiary alicyclic amines) is 1. The Bertz CT molecular complexity index is 1290. The average molecular weight is 583 g/mol. The van der Waals surface area contributed by atoms with Crippen molar-refractivity contribution in [1.29, 1.82) is 0 Å². The molecule has 42 heavy (non-hydrogen) atoms. The van der Waals surface area contributed by atoms with Crippen LogP contribution < -0.4 is 29.0 Å². The maximum atomic E-state index is 14.0. The molecule has 0 aliphatic carbocycles. The molecule has 1 amide bonds. The molecule has 10 heteroatoms. The number of ketones is 1. The summed E-state index contributed by atoms with van der Waals surface area (Å²) in [5.74, 6) is 0.148. The van der Waals surface area contributed by atoms with E-state index in [0.29, 0.717) is 72.8 Å². The predicted octanol–water partition coefficient (Wildman–Crippen LogP) is 1.58. The third-order valence-electron chi connectivity index (χ3n) is 7.67. The minimum Gasteiger partial charge on any atom is -0.872 e. The largest absolute Gasteiger partial charge is 0.872 e. The molecule has 2 aliphatic heterocycles. The van der Waals surface area contributed by atoms with Crippen molar-refractivity contribution in [2.45, 2.75) is 33.2 Å². The number of rotatable bonds is 12. The first-order valence-corrected chi connectivity index (χ1v) is 14.4. The summed E-state index contributed by atoms with van der Waals surface area (Å²) in [7, 11) is 4.49. The van der Waals surface area contributed by atoms with Gasteiger partial charge in [0.15, 0.2) is 11.5 Å². The van der Waals surface area contributed by atoms with Gasteiger partial charge < -0.3 is 38.6 Å². The zero-order chi connectivity index (χ0) is 30.4. The molecule has 0 radical (unpaired) electrons. The monoisotopic (exact) mass is 582 g/mol. The Kier molecular flexibility index (Phi) is 10.3. The highest BCUT2D eigenvalue weighted by Gasteiger charge is 2.44. The Balaban J connectivity index is 1.77. The fraction of sp³-hybridized carbons (Fsp3) is 0.500. The number of hydrogen-bond donors (Lipinski definition) is 1. The third kappa shape index (κ3) is 6.65. The van der Waals surface area contributed by atoms with Gasteiger partial charge in [-0.1, -0.05) is 25.7 Å². The Morgan fingerprint density at radius 3 is 2.26 bits per heavy atom. The van der Waals surface area contributed by atoms with E-state index in [4.69, 9.17) is 23.7 Å². The van der Waals surface area contributed by atoms with Crippen LogP contribution in [0.1, 0.15) is 43.0 Å². The lowest BCUT2D eigenvalue weighted by atomic mass is 9.94. The molecule has 4 rings (SSSR count). The lowest BCUT2D eigenvalue weighted by Crippen LogP contribution is -3.14. The van der Waals surface area contributed by atoms with Crippen molar-refractivity contribution < 1.29 is 43.3 Å². The summed E-state index contributed by atoms with van der Waals surface area (Å²) in [5.41, 5.74) is 1.52. The normalized spacial score (nSPS) is 18.9. The van der Waals surface area contributed by atoms with Crippen LogP contribution in [0.3, 0.4) is 0 Å². The van der Waals surface area contributed by atoms with Gasteiger partial charge in [-0.25, -0.2) is 0 Å². The van der Waals surface area contributed by atoms with Crippen LogP contribution in [0, 0.1) is 12.8 Å². The molecule has 1 N–H and O–H groups in total. The highest BCUT2D eigenvalue weighted by atomic mass is 16.5. The number of benzene rings is 2. The van der Waals surface area contributed by atoms with Crippen LogP contribution in [-0.4, -0.2) is 83.9 Å². The lowest BCUT2D eigenvalue weighted by molar-refractivity contribution is -0.908. The molecule has 2 aromatic rings. The molecule has 2 fully saturated rings. The van der Waals surface area contributed by atoms with E-state index in [2.05, 4.69) is 13.8 Å². The topological polar surface area (TPSA) is 111 Å². The maximum Gasteiger partial charge on any atom is 0.295 e. The quantitative estimate of drug-likeness (QED) is 0.228. The molecular weight excluding hydrogens is 540 g/mol. The van der Waals surface area contributed by atoms with Crippen LogP contribution in [0.15, 0.2) is 35.9 Å². The summed E-state index contributed by atoms with van der Waals surface area (Å²) < 4.78 is 27.9. The second kappa shape index (κ2) is 13.9. The Morgan fingerprint density at radius 1 is 1.02 bits per heavy atom. The summed E-state index contributed by atoms with van der Waals surface area (Å²) in [5, 5.41) is 14.0. The highest BCUT2D eigenvalue weighted by molar-refractivity contribution is 6.46. The van der Waals surface area contributed by atoms with E-state index in [0.717, 1.165) is 25.2 Å². The van der Waals surface area contributed by atoms with Gasteiger partial charge >= 0.3 is 0 Å². The molecule has 0 saturated carbocycles. The molecule has 228 valence electrons. The standard InChI is InChI=1S/C32H42N2O8/c1-20(2)19-42-24-9-8-22(16-21(24)3)29(35)27-28(23-17-25(38-4)31(40-6)26(18-23)39-5)34(32(37)30(27)36)11-7-10-33-12-14-41-15-13-33/h8-9,16-18,20,28,35H,7,10-15,19H2,1-6H3/b29-27+. The van der Waals surface area contributed by atoms with Crippen LogP contribution in [-0.2, 0) is 14.3 Å². The van der Waals surface area contributed by atoms with E-state index in [-0.39, 0.29) is 5.57 Å². The van der Waals surface area contributed by atoms with Gasteiger partial charge in [0.1, 0.15) is 18.8 Å². The van der Waals surface area contributed by atoms with Gasteiger partial charge in [-0.3, -0.25) is 9.59 Å². The van der Waals surface area contributed by atoms with Gasteiger partial charge in [-0.2, -0.15) is 0 Å². The number of morpholine rings is 1. The SMILES string of the molecule is COc1cc(C2/C(=C(\[O-])c3ccc(OCC(C)C)c(C)c3)C(=O)C(=O)N2CCC[NH+]2CCOCC2)cc(OC)c1OC. The summed E-state index contributed by atoms with van der Waals surface area (Å²) in [6.07, 6.45) is 0.664. The molecule has 1 unspecified atom stereocenters. The highest BCUT2D eigenvalue weighted by Crippen LogP contribution is 2.45. The van der Waals surface area contributed by atoms with Crippen molar-refractivity contribution in [2.24, 2.45) is 5.92 Å². The van der Waals surface area contributed by atoms with Gasteiger partial charge in [0.2, 0.25) is 11.5 Å². The summed E-state index contributed by atoms with van der Waals surface area (Å²) in [6.45, 7) is 10.9. The Labute approximate surface area is 247 Å². The number of amides is 1. The molecule has 0 spiro atoms. The van der Waals surface area contributed by atoms with E-state index in [9.17, 15) is 14.7 Å². The van der Waals surface area contributed by atoms with Crippen molar-refractivity contribution in [3.8, 4) is 23.0 Å². The van der Waals surface area contributed by atoms with Gasteiger partial charge in [-0.05, 0) is 53.8 Å². The van der Waals surface area contributed by atoms with Crippen molar-refractivity contribution in [1.82, 2.24) is 4.90 Å². The number of ether oxygens (including phenoxy) is 5. The Morgan fingerprint density at radius 2 is 1.69 bits per heavy atom. The van der Waals surface area contributed by atoms with E-state index < -0.39 is 23.5 Å². The minimum absolute atomic E-state index is 0.0942. The summed E-state index contributed by atoms with van der Waals surface area (Å²) in [6, 6.07) is 7.57. The number of hydrogen-bond acceptors (Lipinski definition) is 8. The molecule has 2 heterocycles. The molecule has 0 aromatic heterocycles. The first-order chi connectivity index (χ1) is 20.2. The van der Waals surface area contributed by atoms with Crippen LogP contribution in [0.25, 0.3) is 5.76 Å². The third-order valence-corrected chi connectivity index (χ3v) is 7.67. The number of quaternary nitrogens is 1. The number of carbonyl (C=O) groups excluding carboxylic acids is 2. The van der Waals surface area contributed by atoms with Gasteiger partial charge in [0, 0.05) is 18.5 Å². The lowest BCUT2D eigenvalue weighted by Gasteiger charge is -2.29. The zero-order valence-electron chi connectivity index (χ0n) is 25.4. The number of carbonyl (C=O) groups is 2. The van der Waals surface area contributed by atoms with Crippen LogP contribution in [0.4, 0.5) is 0 Å². The van der Waals surface area contributed by atoms with Crippen molar-refractivity contribution >= 4 is 17.4 Å². The average Bonchev–Trinajstić information content (AvgIpc) is 3.24. The number of Topliss-reactive ketones (excluding diaryl/α,β-unsaturated/α-hetero) is 1. The first-order valence-electron chi connectivity index (χ1n) is 14.4. The van der Waals surface area contributed by atoms with E-state index in [1.54, 1.807) is 30.3 Å². The molecule has 2 aromatic carbocycles. The van der Waals surface area contributed by atoms with Crippen LogP contribution in [0.5, 0.6) is 23.0 Å². The predicted molar refractivity (Wildman–Crippen MR) is 155 cm³/mol. The number of nitrogens with zero attached hydrogens (tertiary/aromatic N) is 1. The van der Waals surface area contributed by atoms with Crippen molar-refractivity contribution in [2.75, 3.05) is 67.3 Å². The molecule has 10 nitrogen and oxygen atoms in total. The molecule has 2 aliphatic rings. The summed E-state index contributed by atoms with van der Waals surface area (Å²) >= 11 is 0. The fourth-order valence-electron chi connectivity index (χ4n) is 5.48. The van der Waals surface area contributed by atoms with E-state index in [1.165, 1.54) is 31.1 Å². The van der Waals surface area contributed by atoms with E-state index in [1.807, 2.05) is 6.92 Å². The van der Waals surface area contributed by atoms with E-state index >= 15 is 0 Å². The van der Waals surface area contributed by atoms with Gasteiger partial charge in [-0.15, -0.1) is 0 Å². The fourth-order valence-corrected chi connectivity index (χ4v) is 5.48. The van der Waals surface area contributed by atoms with Gasteiger partial charge in [0.25, 0.3) is 5.91 Å². The number of nitrogens with one attached hydrogen (secondary N) is 1. The molecule has 1 atom stereocenters. The van der Waals surface area contributed by atoms with Crippen molar-refractivity contribution in [3.63, 3.8) is 0 Å². The maximum absolute atomic E-state index is 14.0. The van der Waals surface area contributed by atoms with Crippen molar-refractivity contribution in [3.05, 3.63) is 52.6 Å².